The second-order valence-corrected chi connectivity index (χ2v) is 6.65. The number of rotatable bonds is 4. The molecule has 0 radical (unpaired) electrons. The first-order valence-corrected chi connectivity index (χ1v) is 7.44. The van der Waals surface area contributed by atoms with Crippen molar-refractivity contribution in [3.05, 3.63) is 0 Å². The Kier molecular flexibility index (Phi) is 4.29. The molecular weight excluding hydrogens is 240 g/mol. The Hall–Kier alpha value is -0.900. The number of carbonyl (C=O) groups is 2. The van der Waals surface area contributed by atoms with Crippen molar-refractivity contribution in [1.82, 2.24) is 9.80 Å². The van der Waals surface area contributed by atoms with Crippen molar-refractivity contribution >= 4 is 11.8 Å². The lowest BCUT2D eigenvalue weighted by Crippen LogP contribution is -2.38. The Morgan fingerprint density at radius 2 is 1.89 bits per heavy atom. The molecule has 0 aromatic heterocycles. The first-order chi connectivity index (χ1) is 8.94. The number of amides is 2. The molecule has 0 unspecified atom stereocenters. The van der Waals surface area contributed by atoms with Crippen molar-refractivity contribution in [3.63, 3.8) is 0 Å². The third-order valence-electron chi connectivity index (χ3n) is 4.71. The minimum atomic E-state index is -0.332. The molecular formula is C15H26N2O2. The van der Waals surface area contributed by atoms with Gasteiger partial charge in [0.15, 0.2) is 0 Å². The average molecular weight is 266 g/mol. The van der Waals surface area contributed by atoms with Gasteiger partial charge >= 0.3 is 0 Å². The number of hydrogen-bond acceptors (Lipinski definition) is 3. The molecule has 2 rings (SSSR count). The molecule has 0 aromatic carbocycles. The van der Waals surface area contributed by atoms with E-state index in [0.717, 1.165) is 38.6 Å². The van der Waals surface area contributed by atoms with Crippen LogP contribution in [-0.4, -0.2) is 48.8 Å². The molecule has 2 amide bonds. The summed E-state index contributed by atoms with van der Waals surface area (Å²) in [6.07, 6.45) is 5.32. The Bertz CT molecular complexity index is 357. The van der Waals surface area contributed by atoms with E-state index in [9.17, 15) is 9.59 Å². The Labute approximate surface area is 116 Å². The average Bonchev–Trinajstić information content (AvgIpc) is 2.57. The molecule has 1 spiro atoms. The van der Waals surface area contributed by atoms with Crippen LogP contribution in [0, 0.1) is 11.3 Å². The van der Waals surface area contributed by atoms with E-state index in [4.69, 9.17) is 0 Å². The lowest BCUT2D eigenvalue weighted by atomic mass is 9.70. The van der Waals surface area contributed by atoms with Crippen molar-refractivity contribution in [3.8, 4) is 0 Å². The third kappa shape index (κ3) is 2.99. The van der Waals surface area contributed by atoms with E-state index in [1.807, 2.05) is 14.1 Å². The van der Waals surface area contributed by atoms with Crippen LogP contribution >= 0.6 is 0 Å². The summed E-state index contributed by atoms with van der Waals surface area (Å²) in [5, 5.41) is 0. The monoisotopic (exact) mass is 266 g/mol. The molecule has 1 saturated heterocycles. The van der Waals surface area contributed by atoms with E-state index in [-0.39, 0.29) is 17.2 Å². The van der Waals surface area contributed by atoms with Crippen molar-refractivity contribution in [2.24, 2.45) is 11.3 Å². The van der Waals surface area contributed by atoms with E-state index >= 15 is 0 Å². The van der Waals surface area contributed by atoms with Crippen LogP contribution in [0.5, 0.6) is 0 Å². The summed E-state index contributed by atoms with van der Waals surface area (Å²) in [4.78, 5) is 28.3. The fourth-order valence-corrected chi connectivity index (χ4v) is 3.34. The van der Waals surface area contributed by atoms with Gasteiger partial charge in [-0.05, 0) is 58.7 Å². The highest BCUT2D eigenvalue weighted by Crippen LogP contribution is 2.46. The van der Waals surface area contributed by atoms with Gasteiger partial charge in [-0.1, -0.05) is 6.92 Å². The van der Waals surface area contributed by atoms with Gasteiger partial charge in [0.1, 0.15) is 0 Å². The zero-order chi connectivity index (χ0) is 14.0. The van der Waals surface area contributed by atoms with Crippen molar-refractivity contribution in [1.29, 1.82) is 0 Å². The predicted octanol–water partition coefficient (Wildman–Crippen LogP) is 1.89. The Morgan fingerprint density at radius 1 is 1.26 bits per heavy atom. The summed E-state index contributed by atoms with van der Waals surface area (Å²) in [6.45, 7) is 3.75. The molecule has 1 aliphatic heterocycles. The fourth-order valence-electron chi connectivity index (χ4n) is 3.34. The molecule has 0 bridgehead atoms. The second-order valence-electron chi connectivity index (χ2n) is 6.65. The molecule has 4 heteroatoms. The molecule has 2 fully saturated rings. The van der Waals surface area contributed by atoms with Crippen LogP contribution in [0.4, 0.5) is 0 Å². The zero-order valence-corrected chi connectivity index (χ0v) is 12.4. The molecule has 1 heterocycles. The normalized spacial score (nSPS) is 31.8. The topological polar surface area (TPSA) is 40.6 Å². The first-order valence-electron chi connectivity index (χ1n) is 7.44. The van der Waals surface area contributed by atoms with E-state index in [1.165, 1.54) is 4.90 Å². The van der Waals surface area contributed by atoms with Gasteiger partial charge in [-0.25, -0.2) is 0 Å². The van der Waals surface area contributed by atoms with Gasteiger partial charge in [0, 0.05) is 13.0 Å². The van der Waals surface area contributed by atoms with Crippen LogP contribution in [0.1, 0.15) is 45.4 Å². The van der Waals surface area contributed by atoms with Crippen LogP contribution in [0.15, 0.2) is 0 Å². The smallest absolute Gasteiger partial charge is 0.235 e. The Morgan fingerprint density at radius 3 is 2.47 bits per heavy atom. The number of carbonyl (C=O) groups excluding carboxylic acids is 2. The van der Waals surface area contributed by atoms with Gasteiger partial charge in [0.05, 0.1) is 5.41 Å². The molecule has 0 atom stereocenters. The minimum absolute atomic E-state index is 0.0540. The maximum absolute atomic E-state index is 12.6. The highest BCUT2D eigenvalue weighted by molar-refractivity contribution is 6.05. The van der Waals surface area contributed by atoms with E-state index in [1.54, 1.807) is 0 Å². The van der Waals surface area contributed by atoms with Crippen molar-refractivity contribution in [2.75, 3.05) is 27.2 Å². The maximum atomic E-state index is 12.6. The number of likely N-dealkylation sites (tertiary alicyclic amines) is 1. The Balaban J connectivity index is 1.96. The van der Waals surface area contributed by atoms with Crippen LogP contribution in [0.3, 0.4) is 0 Å². The molecule has 1 aliphatic carbocycles. The highest BCUT2D eigenvalue weighted by atomic mass is 16.2. The van der Waals surface area contributed by atoms with E-state index < -0.39 is 0 Å². The molecule has 19 heavy (non-hydrogen) atoms. The minimum Gasteiger partial charge on any atom is -0.309 e. The van der Waals surface area contributed by atoms with Gasteiger partial charge < -0.3 is 4.90 Å². The predicted molar refractivity (Wildman–Crippen MR) is 74.6 cm³/mol. The lowest BCUT2D eigenvalue weighted by Gasteiger charge is -2.33. The number of imide groups is 1. The van der Waals surface area contributed by atoms with Gasteiger partial charge in [-0.2, -0.15) is 0 Å². The van der Waals surface area contributed by atoms with E-state index in [0.29, 0.717) is 18.9 Å². The van der Waals surface area contributed by atoms with E-state index in [2.05, 4.69) is 11.8 Å². The third-order valence-corrected chi connectivity index (χ3v) is 4.71. The van der Waals surface area contributed by atoms with Crippen LogP contribution in [-0.2, 0) is 9.59 Å². The van der Waals surface area contributed by atoms with Crippen molar-refractivity contribution < 1.29 is 9.59 Å². The zero-order valence-electron chi connectivity index (χ0n) is 12.4. The highest BCUT2D eigenvalue weighted by Gasteiger charge is 2.51. The summed E-state index contributed by atoms with van der Waals surface area (Å²) in [5.74, 6) is 0.873. The number of hydrogen-bond donors (Lipinski definition) is 0. The summed E-state index contributed by atoms with van der Waals surface area (Å²) in [7, 11) is 4.02. The van der Waals surface area contributed by atoms with Crippen LogP contribution in [0.25, 0.3) is 0 Å². The summed E-state index contributed by atoms with van der Waals surface area (Å²) >= 11 is 0. The fraction of sp³-hybridized carbons (Fsp3) is 0.867. The molecule has 1 saturated carbocycles. The first kappa shape index (κ1) is 14.5. The van der Waals surface area contributed by atoms with Gasteiger partial charge in [0.25, 0.3) is 0 Å². The quantitative estimate of drug-likeness (QED) is 0.730. The largest absolute Gasteiger partial charge is 0.309 e. The van der Waals surface area contributed by atoms with Crippen molar-refractivity contribution in [2.45, 2.75) is 45.4 Å². The number of nitrogens with zero attached hydrogens (tertiary/aromatic N) is 2. The lowest BCUT2D eigenvalue weighted by molar-refractivity contribution is -0.142. The molecule has 0 N–H and O–H groups in total. The van der Waals surface area contributed by atoms with Gasteiger partial charge in [-0.15, -0.1) is 0 Å². The van der Waals surface area contributed by atoms with Gasteiger partial charge in [0.2, 0.25) is 11.8 Å². The molecule has 4 nitrogen and oxygen atoms in total. The summed E-state index contributed by atoms with van der Waals surface area (Å²) < 4.78 is 0. The molecule has 2 aliphatic rings. The standard InChI is InChI=1S/C15H26N2O2/c1-12-5-7-15(8-6-12)11-13(18)17(14(15)19)10-4-9-16(2)3/h12H,4-11H2,1-3H3. The summed E-state index contributed by atoms with van der Waals surface area (Å²) in [5.41, 5.74) is -0.332. The van der Waals surface area contributed by atoms with Crippen LogP contribution in [0.2, 0.25) is 0 Å². The summed E-state index contributed by atoms with van der Waals surface area (Å²) in [6, 6.07) is 0. The molecule has 108 valence electrons. The molecule has 0 aromatic rings. The van der Waals surface area contributed by atoms with Crippen LogP contribution < -0.4 is 0 Å². The SMILES string of the molecule is CC1CCC2(CC1)CC(=O)N(CCCN(C)C)C2=O. The maximum Gasteiger partial charge on any atom is 0.235 e. The second kappa shape index (κ2) is 5.61. The van der Waals surface area contributed by atoms with Gasteiger partial charge in [-0.3, -0.25) is 14.5 Å².